The third-order valence-electron chi connectivity index (χ3n) is 3.51. The first kappa shape index (κ1) is 10.8. The molecule has 0 unspecified atom stereocenters. The highest BCUT2D eigenvalue weighted by Crippen LogP contribution is 2.39. The van der Waals surface area contributed by atoms with Gasteiger partial charge in [-0.3, -0.25) is 5.10 Å². The maximum Gasteiger partial charge on any atom is 0.195 e. The number of hydrogen-bond donors (Lipinski definition) is 1. The highest BCUT2D eigenvalue weighted by Gasteiger charge is 2.29. The Bertz CT molecular complexity index is 413. The summed E-state index contributed by atoms with van der Waals surface area (Å²) in [7, 11) is 0. The van der Waals surface area contributed by atoms with E-state index >= 15 is 0 Å². The molecule has 1 aromatic heterocycles. The van der Waals surface area contributed by atoms with Crippen LogP contribution < -0.4 is 0 Å². The quantitative estimate of drug-likeness (QED) is 0.843. The van der Waals surface area contributed by atoms with Gasteiger partial charge in [-0.15, -0.1) is 0 Å². The Hall–Kier alpha value is -0.290. The Labute approximate surface area is 105 Å². The highest BCUT2D eigenvalue weighted by atomic mass is 32.2. The van der Waals surface area contributed by atoms with Gasteiger partial charge in [-0.25, -0.2) is 0 Å². The Morgan fingerprint density at radius 3 is 2.75 bits per heavy atom. The van der Waals surface area contributed by atoms with Gasteiger partial charge < -0.3 is 4.57 Å². The van der Waals surface area contributed by atoms with Gasteiger partial charge in [0.05, 0.1) is 0 Å². The topological polar surface area (TPSA) is 33.6 Å². The SMILES string of the molecule is S=c1[nH]nc(C2CC2)n1CC1CCSCC1. The average molecular weight is 255 g/mol. The standard InChI is InChI=1S/C11H17N3S2/c15-11-13-12-10(9-1-2-9)14(11)7-8-3-5-16-6-4-8/h8-9H,1-7H2,(H,13,15). The van der Waals surface area contributed by atoms with Crippen LogP contribution in [0.4, 0.5) is 0 Å². The third-order valence-corrected chi connectivity index (χ3v) is 4.87. The molecular formula is C11H17N3S2. The van der Waals surface area contributed by atoms with Crippen LogP contribution in [0, 0.1) is 10.7 Å². The summed E-state index contributed by atoms with van der Waals surface area (Å²) in [5, 5.41) is 7.34. The fraction of sp³-hybridized carbons (Fsp3) is 0.818. The lowest BCUT2D eigenvalue weighted by Gasteiger charge is -2.22. The van der Waals surface area contributed by atoms with E-state index in [0.717, 1.165) is 17.2 Å². The molecule has 1 aliphatic heterocycles. The molecule has 5 heteroatoms. The van der Waals surface area contributed by atoms with Gasteiger partial charge >= 0.3 is 0 Å². The van der Waals surface area contributed by atoms with Crippen LogP contribution in [0.15, 0.2) is 0 Å². The molecule has 1 aromatic rings. The minimum atomic E-state index is 0.686. The Morgan fingerprint density at radius 1 is 1.31 bits per heavy atom. The molecule has 1 saturated carbocycles. The van der Waals surface area contributed by atoms with Crippen molar-refractivity contribution in [1.82, 2.24) is 14.8 Å². The molecule has 2 aliphatic rings. The van der Waals surface area contributed by atoms with E-state index in [1.165, 1.54) is 43.0 Å². The lowest BCUT2D eigenvalue weighted by molar-refractivity contribution is 0.406. The van der Waals surface area contributed by atoms with Crippen molar-refractivity contribution in [2.45, 2.75) is 38.1 Å². The fourth-order valence-corrected chi connectivity index (χ4v) is 3.76. The van der Waals surface area contributed by atoms with Crippen LogP contribution in [0.2, 0.25) is 0 Å². The van der Waals surface area contributed by atoms with Gasteiger partial charge in [-0.2, -0.15) is 16.9 Å². The summed E-state index contributed by atoms with van der Waals surface area (Å²) in [4.78, 5) is 0. The largest absolute Gasteiger partial charge is 0.304 e. The normalized spacial score (nSPS) is 22.5. The van der Waals surface area contributed by atoms with Crippen LogP contribution in [-0.4, -0.2) is 26.3 Å². The van der Waals surface area contributed by atoms with E-state index in [1.54, 1.807) is 0 Å². The molecule has 0 aromatic carbocycles. The van der Waals surface area contributed by atoms with E-state index in [-0.39, 0.29) is 0 Å². The van der Waals surface area contributed by atoms with E-state index in [9.17, 15) is 0 Å². The van der Waals surface area contributed by atoms with Gasteiger partial charge in [0.2, 0.25) is 0 Å². The van der Waals surface area contributed by atoms with Crippen molar-refractivity contribution >= 4 is 24.0 Å². The fourth-order valence-electron chi connectivity index (χ4n) is 2.35. The molecule has 3 rings (SSSR count). The van der Waals surface area contributed by atoms with Crippen molar-refractivity contribution in [2.24, 2.45) is 5.92 Å². The molecule has 2 fully saturated rings. The summed E-state index contributed by atoms with van der Waals surface area (Å²) >= 11 is 7.41. The van der Waals surface area contributed by atoms with Gasteiger partial charge in [0, 0.05) is 12.5 Å². The van der Waals surface area contributed by atoms with Crippen molar-refractivity contribution in [1.29, 1.82) is 0 Å². The zero-order chi connectivity index (χ0) is 11.0. The van der Waals surface area contributed by atoms with E-state index < -0.39 is 0 Å². The predicted molar refractivity (Wildman–Crippen MR) is 69.4 cm³/mol. The second kappa shape index (κ2) is 4.53. The number of H-pyrrole nitrogens is 1. The van der Waals surface area contributed by atoms with Gasteiger partial charge in [-0.05, 0) is 55.3 Å². The molecule has 0 bridgehead atoms. The highest BCUT2D eigenvalue weighted by molar-refractivity contribution is 7.99. The van der Waals surface area contributed by atoms with Crippen LogP contribution in [0.1, 0.15) is 37.4 Å². The zero-order valence-corrected chi connectivity index (χ0v) is 10.9. The van der Waals surface area contributed by atoms with Crippen molar-refractivity contribution < 1.29 is 0 Å². The molecule has 1 saturated heterocycles. The molecule has 88 valence electrons. The maximum absolute atomic E-state index is 5.33. The zero-order valence-electron chi connectivity index (χ0n) is 9.32. The van der Waals surface area contributed by atoms with Crippen LogP contribution >= 0.6 is 24.0 Å². The van der Waals surface area contributed by atoms with Crippen LogP contribution in [0.3, 0.4) is 0 Å². The summed E-state index contributed by atoms with van der Waals surface area (Å²) in [6.45, 7) is 1.09. The lowest BCUT2D eigenvalue weighted by atomic mass is 10.0. The molecule has 0 spiro atoms. The van der Waals surface area contributed by atoms with E-state index in [4.69, 9.17) is 12.2 Å². The molecule has 3 nitrogen and oxygen atoms in total. The van der Waals surface area contributed by atoms with Crippen LogP contribution in [0.5, 0.6) is 0 Å². The number of hydrogen-bond acceptors (Lipinski definition) is 3. The van der Waals surface area contributed by atoms with Crippen LogP contribution in [0.25, 0.3) is 0 Å². The van der Waals surface area contributed by atoms with Crippen molar-refractivity contribution in [2.75, 3.05) is 11.5 Å². The monoisotopic (exact) mass is 255 g/mol. The van der Waals surface area contributed by atoms with Gasteiger partial charge in [-0.1, -0.05) is 0 Å². The summed E-state index contributed by atoms with van der Waals surface area (Å²) in [5.41, 5.74) is 0. The number of aromatic nitrogens is 3. The average Bonchev–Trinajstić information content (AvgIpc) is 3.08. The number of aromatic amines is 1. The lowest BCUT2D eigenvalue weighted by Crippen LogP contribution is -2.17. The van der Waals surface area contributed by atoms with Crippen molar-refractivity contribution in [3.63, 3.8) is 0 Å². The number of nitrogens with zero attached hydrogens (tertiary/aromatic N) is 2. The minimum absolute atomic E-state index is 0.686. The van der Waals surface area contributed by atoms with E-state index in [1.807, 2.05) is 0 Å². The maximum atomic E-state index is 5.33. The molecular weight excluding hydrogens is 238 g/mol. The first-order valence-electron chi connectivity index (χ1n) is 6.07. The molecule has 0 radical (unpaired) electrons. The second-order valence-electron chi connectivity index (χ2n) is 4.83. The Morgan fingerprint density at radius 2 is 2.06 bits per heavy atom. The summed E-state index contributed by atoms with van der Waals surface area (Å²) < 4.78 is 3.08. The second-order valence-corrected chi connectivity index (χ2v) is 6.44. The summed E-state index contributed by atoms with van der Waals surface area (Å²) in [6, 6.07) is 0. The molecule has 16 heavy (non-hydrogen) atoms. The van der Waals surface area contributed by atoms with Gasteiger partial charge in [0.25, 0.3) is 0 Å². The van der Waals surface area contributed by atoms with Crippen LogP contribution in [-0.2, 0) is 6.54 Å². The van der Waals surface area contributed by atoms with E-state index in [0.29, 0.717) is 5.92 Å². The number of rotatable bonds is 3. The third kappa shape index (κ3) is 2.20. The van der Waals surface area contributed by atoms with Crippen molar-refractivity contribution in [3.8, 4) is 0 Å². The Kier molecular flexibility index (Phi) is 3.07. The smallest absolute Gasteiger partial charge is 0.195 e. The first-order valence-corrected chi connectivity index (χ1v) is 7.63. The molecule has 0 atom stereocenters. The molecule has 0 amide bonds. The molecule has 2 heterocycles. The summed E-state index contributed by atoms with van der Waals surface area (Å²) in [5.74, 6) is 5.33. The molecule has 1 N–H and O–H groups in total. The first-order chi connectivity index (χ1) is 7.84. The molecule has 1 aliphatic carbocycles. The number of thioether (sulfide) groups is 1. The number of nitrogens with one attached hydrogen (secondary N) is 1. The van der Waals surface area contributed by atoms with Gasteiger partial charge in [0.1, 0.15) is 5.82 Å². The minimum Gasteiger partial charge on any atom is -0.304 e. The Balaban J connectivity index is 1.76. The van der Waals surface area contributed by atoms with Gasteiger partial charge in [0.15, 0.2) is 4.77 Å². The van der Waals surface area contributed by atoms with Crippen molar-refractivity contribution in [3.05, 3.63) is 10.6 Å². The predicted octanol–water partition coefficient (Wildman–Crippen LogP) is 2.96. The summed E-state index contributed by atoms with van der Waals surface area (Å²) in [6.07, 6.45) is 5.25. The van der Waals surface area contributed by atoms with E-state index in [2.05, 4.69) is 26.5 Å².